The molecule has 0 spiro atoms. The van der Waals surface area contributed by atoms with Gasteiger partial charge in [0.15, 0.2) is 0 Å². The highest BCUT2D eigenvalue weighted by atomic mass is 15.3. The van der Waals surface area contributed by atoms with E-state index >= 15 is 0 Å². The summed E-state index contributed by atoms with van der Waals surface area (Å²) in [5.41, 5.74) is 4.86. The van der Waals surface area contributed by atoms with Crippen molar-refractivity contribution in [2.24, 2.45) is 0 Å². The molecule has 6 heteroatoms. The van der Waals surface area contributed by atoms with E-state index in [1.807, 2.05) is 12.3 Å². The summed E-state index contributed by atoms with van der Waals surface area (Å²) in [4.78, 5) is 13.7. The second-order valence-electron chi connectivity index (χ2n) is 8.61. The van der Waals surface area contributed by atoms with Crippen LogP contribution in [0.4, 0.5) is 0 Å². The fourth-order valence-electron chi connectivity index (χ4n) is 4.61. The van der Waals surface area contributed by atoms with E-state index < -0.39 is 0 Å². The summed E-state index contributed by atoms with van der Waals surface area (Å²) in [7, 11) is 0. The second kappa shape index (κ2) is 10.5. The molecule has 34 heavy (non-hydrogen) atoms. The van der Waals surface area contributed by atoms with Crippen molar-refractivity contribution in [1.29, 1.82) is 0 Å². The van der Waals surface area contributed by atoms with Gasteiger partial charge in [0.25, 0.3) is 5.95 Å². The minimum absolute atomic E-state index is 0.300. The van der Waals surface area contributed by atoms with Crippen LogP contribution in [-0.2, 0) is 0 Å². The van der Waals surface area contributed by atoms with E-state index in [1.165, 1.54) is 11.1 Å². The molecule has 2 aromatic heterocycles. The Kier molecular flexibility index (Phi) is 6.89. The fraction of sp³-hybridized carbons (Fsp3) is 0.250. The van der Waals surface area contributed by atoms with Gasteiger partial charge in [-0.25, -0.2) is 14.6 Å². The highest BCUT2D eigenvalue weighted by molar-refractivity contribution is 5.51. The van der Waals surface area contributed by atoms with Crippen molar-refractivity contribution in [3.05, 3.63) is 114 Å². The van der Waals surface area contributed by atoms with E-state index in [-0.39, 0.29) is 0 Å². The maximum atomic E-state index is 4.46. The molecule has 0 unspecified atom stereocenters. The van der Waals surface area contributed by atoms with Crippen LogP contribution in [0.25, 0.3) is 12.0 Å². The van der Waals surface area contributed by atoms with E-state index in [9.17, 15) is 0 Å². The van der Waals surface area contributed by atoms with Crippen LogP contribution in [-0.4, -0.2) is 62.3 Å². The number of piperazine rings is 1. The molecule has 1 saturated heterocycles. The molecule has 0 aliphatic carbocycles. The van der Waals surface area contributed by atoms with E-state index in [4.69, 9.17) is 0 Å². The first-order valence-electron chi connectivity index (χ1n) is 11.8. The molecule has 0 radical (unpaired) electrons. The van der Waals surface area contributed by atoms with Crippen LogP contribution < -0.4 is 0 Å². The number of hydrogen-bond acceptors (Lipinski definition) is 5. The molecule has 1 aliphatic heterocycles. The normalized spacial score (nSPS) is 15.4. The molecule has 1 aliphatic rings. The number of aromatic nitrogens is 4. The van der Waals surface area contributed by atoms with Crippen molar-refractivity contribution < 1.29 is 0 Å². The third kappa shape index (κ3) is 4.98. The zero-order valence-electron chi connectivity index (χ0n) is 19.5. The van der Waals surface area contributed by atoms with Gasteiger partial charge in [-0.05, 0) is 24.1 Å². The lowest BCUT2D eigenvalue weighted by Crippen LogP contribution is -2.47. The molecule has 2 aromatic carbocycles. The summed E-state index contributed by atoms with van der Waals surface area (Å²) in [5.74, 6) is 0.599. The molecule has 3 heterocycles. The number of nitrogens with zero attached hydrogens (tertiary/aromatic N) is 6. The lowest BCUT2D eigenvalue weighted by Gasteiger charge is -2.39. The monoisotopic (exact) mass is 450 g/mol. The van der Waals surface area contributed by atoms with E-state index in [0.29, 0.717) is 12.0 Å². The SMILES string of the molecule is Cc1c(C=CCN2CCN(C(c3ccccc3)c3ccccc3)CC2)cnn1-c1ncccn1. The lowest BCUT2D eigenvalue weighted by atomic mass is 9.96. The van der Waals surface area contributed by atoms with Crippen molar-refractivity contribution in [2.45, 2.75) is 13.0 Å². The predicted molar refractivity (Wildman–Crippen MR) is 136 cm³/mol. The van der Waals surface area contributed by atoms with Gasteiger partial charge in [-0.3, -0.25) is 9.80 Å². The summed E-state index contributed by atoms with van der Waals surface area (Å²) in [6.07, 6.45) is 9.74. The zero-order chi connectivity index (χ0) is 23.2. The zero-order valence-corrected chi connectivity index (χ0v) is 19.5. The molecular formula is C28H30N6. The van der Waals surface area contributed by atoms with Crippen molar-refractivity contribution >= 4 is 6.08 Å². The molecule has 0 amide bonds. The Morgan fingerprint density at radius 2 is 1.44 bits per heavy atom. The quantitative estimate of drug-likeness (QED) is 0.418. The van der Waals surface area contributed by atoms with E-state index in [0.717, 1.165) is 44.0 Å². The van der Waals surface area contributed by atoms with E-state index in [1.54, 1.807) is 17.1 Å². The van der Waals surface area contributed by atoms with Crippen molar-refractivity contribution in [2.75, 3.05) is 32.7 Å². The molecule has 0 atom stereocenters. The maximum Gasteiger partial charge on any atom is 0.250 e. The summed E-state index contributed by atoms with van der Waals surface area (Å²) >= 11 is 0. The molecule has 6 nitrogen and oxygen atoms in total. The van der Waals surface area contributed by atoms with Gasteiger partial charge in [0.2, 0.25) is 0 Å². The van der Waals surface area contributed by atoms with Gasteiger partial charge < -0.3 is 0 Å². The van der Waals surface area contributed by atoms with Crippen molar-refractivity contribution in [3.63, 3.8) is 0 Å². The summed E-state index contributed by atoms with van der Waals surface area (Å²) < 4.78 is 1.78. The molecule has 1 fully saturated rings. The van der Waals surface area contributed by atoms with Gasteiger partial charge >= 0.3 is 0 Å². The summed E-state index contributed by atoms with van der Waals surface area (Å²) in [6.45, 7) is 7.18. The first kappa shape index (κ1) is 22.2. The molecule has 0 saturated carbocycles. The minimum Gasteiger partial charge on any atom is -0.297 e. The highest BCUT2D eigenvalue weighted by Crippen LogP contribution is 2.29. The Labute approximate surface area is 201 Å². The van der Waals surface area contributed by atoms with Gasteiger partial charge in [0.05, 0.1) is 17.9 Å². The smallest absolute Gasteiger partial charge is 0.250 e. The number of benzene rings is 2. The molecule has 5 rings (SSSR count). The Morgan fingerprint density at radius 3 is 2.06 bits per heavy atom. The lowest BCUT2D eigenvalue weighted by molar-refractivity contribution is 0.118. The van der Waals surface area contributed by atoms with Crippen LogP contribution in [0.15, 0.2) is 91.4 Å². The van der Waals surface area contributed by atoms with Crippen LogP contribution in [0, 0.1) is 6.92 Å². The third-order valence-corrected chi connectivity index (χ3v) is 6.45. The van der Waals surface area contributed by atoms with Gasteiger partial charge in [0, 0.05) is 50.7 Å². The molecule has 4 aromatic rings. The van der Waals surface area contributed by atoms with Crippen molar-refractivity contribution in [1.82, 2.24) is 29.5 Å². The van der Waals surface area contributed by atoms with Crippen molar-refractivity contribution in [3.8, 4) is 5.95 Å². The summed E-state index contributed by atoms with van der Waals surface area (Å²) in [6, 6.07) is 23.8. The third-order valence-electron chi connectivity index (χ3n) is 6.45. The second-order valence-corrected chi connectivity index (χ2v) is 8.61. The maximum absolute atomic E-state index is 4.46. The number of hydrogen-bond donors (Lipinski definition) is 0. The van der Waals surface area contributed by atoms with E-state index in [2.05, 4.69) is 105 Å². The Bertz CT molecular complexity index is 1160. The van der Waals surface area contributed by atoms with Gasteiger partial charge in [-0.2, -0.15) is 5.10 Å². The standard InChI is InChI=1S/C28H30N6/c1-23-26(22-31-34(23)28-29-15-9-16-30-28)14-8-17-32-18-20-33(21-19-32)27(24-10-4-2-5-11-24)25-12-6-3-7-13-25/h2-16,22,27H,17-21H2,1H3. The van der Waals surface area contributed by atoms with Gasteiger partial charge in [-0.15, -0.1) is 0 Å². The fourth-order valence-corrected chi connectivity index (χ4v) is 4.61. The highest BCUT2D eigenvalue weighted by Gasteiger charge is 2.25. The Morgan fingerprint density at radius 1 is 0.824 bits per heavy atom. The summed E-state index contributed by atoms with van der Waals surface area (Å²) in [5, 5.41) is 4.46. The van der Waals surface area contributed by atoms with Crippen LogP contribution in [0.1, 0.15) is 28.4 Å². The van der Waals surface area contributed by atoms with Crippen LogP contribution in [0.3, 0.4) is 0 Å². The average molecular weight is 451 g/mol. The Balaban J connectivity index is 1.21. The van der Waals surface area contributed by atoms with Gasteiger partial charge in [0.1, 0.15) is 0 Å². The topological polar surface area (TPSA) is 50.1 Å². The molecule has 0 N–H and O–H groups in total. The van der Waals surface area contributed by atoms with Crippen LogP contribution >= 0.6 is 0 Å². The first-order chi connectivity index (χ1) is 16.8. The molecule has 172 valence electrons. The molecular weight excluding hydrogens is 420 g/mol. The largest absolute Gasteiger partial charge is 0.297 e. The number of rotatable bonds is 7. The van der Waals surface area contributed by atoms with Crippen LogP contribution in [0.2, 0.25) is 0 Å². The first-order valence-corrected chi connectivity index (χ1v) is 11.8. The Hall–Kier alpha value is -3.61. The molecule has 0 bridgehead atoms. The minimum atomic E-state index is 0.300. The van der Waals surface area contributed by atoms with Gasteiger partial charge in [-0.1, -0.05) is 72.8 Å². The predicted octanol–water partition coefficient (Wildman–Crippen LogP) is 4.39. The average Bonchev–Trinajstić information content (AvgIpc) is 3.27. The van der Waals surface area contributed by atoms with Crippen LogP contribution in [0.5, 0.6) is 0 Å².